The van der Waals surface area contributed by atoms with E-state index in [1.807, 2.05) is 36.4 Å². The van der Waals surface area contributed by atoms with Gasteiger partial charge in [0.1, 0.15) is 5.75 Å². The third kappa shape index (κ3) is 1.97. The van der Waals surface area contributed by atoms with Crippen LogP contribution in [0.2, 0.25) is 5.02 Å². The standard InChI is InChI=1S/C13H12ClNO/c1-16-10-5-2-4-9(8-10)11-6-3-7-12(15)13(11)14/h2-8H,15H2,1H3. The van der Waals surface area contributed by atoms with Crippen molar-refractivity contribution in [2.75, 3.05) is 12.8 Å². The van der Waals surface area contributed by atoms with Crippen LogP contribution >= 0.6 is 11.6 Å². The molecule has 82 valence electrons. The van der Waals surface area contributed by atoms with Crippen LogP contribution < -0.4 is 10.5 Å². The smallest absolute Gasteiger partial charge is 0.119 e. The third-order valence-corrected chi connectivity index (χ3v) is 2.83. The molecular weight excluding hydrogens is 222 g/mol. The first-order valence-corrected chi connectivity index (χ1v) is 5.28. The number of nitrogen functional groups attached to an aromatic ring is 1. The number of ether oxygens (including phenoxy) is 1. The van der Waals surface area contributed by atoms with E-state index in [9.17, 15) is 0 Å². The van der Waals surface area contributed by atoms with E-state index in [-0.39, 0.29) is 0 Å². The molecule has 0 unspecified atom stereocenters. The van der Waals surface area contributed by atoms with Crippen molar-refractivity contribution in [1.82, 2.24) is 0 Å². The first-order chi connectivity index (χ1) is 7.72. The Kier molecular flexibility index (Phi) is 3.02. The molecule has 0 saturated heterocycles. The quantitative estimate of drug-likeness (QED) is 0.805. The Hall–Kier alpha value is -1.67. The molecule has 0 bridgehead atoms. The minimum atomic E-state index is 0.579. The molecule has 16 heavy (non-hydrogen) atoms. The van der Waals surface area contributed by atoms with Crippen LogP contribution in [0.4, 0.5) is 5.69 Å². The largest absolute Gasteiger partial charge is 0.497 e. The second-order valence-corrected chi connectivity index (χ2v) is 3.82. The highest BCUT2D eigenvalue weighted by Crippen LogP contribution is 2.33. The number of benzene rings is 2. The number of hydrogen-bond donors (Lipinski definition) is 1. The van der Waals surface area contributed by atoms with Gasteiger partial charge in [0, 0.05) is 5.56 Å². The van der Waals surface area contributed by atoms with Gasteiger partial charge in [0.15, 0.2) is 0 Å². The molecular formula is C13H12ClNO. The monoisotopic (exact) mass is 233 g/mol. The van der Waals surface area contributed by atoms with Crippen LogP contribution in [0.3, 0.4) is 0 Å². The highest BCUT2D eigenvalue weighted by atomic mass is 35.5. The van der Waals surface area contributed by atoms with Crippen LogP contribution in [0.5, 0.6) is 5.75 Å². The van der Waals surface area contributed by atoms with Gasteiger partial charge in [0.25, 0.3) is 0 Å². The summed E-state index contributed by atoms with van der Waals surface area (Å²) in [7, 11) is 1.64. The Morgan fingerprint density at radius 1 is 1.12 bits per heavy atom. The van der Waals surface area contributed by atoms with Crippen molar-refractivity contribution in [3.63, 3.8) is 0 Å². The molecule has 0 aliphatic carbocycles. The van der Waals surface area contributed by atoms with Crippen LogP contribution in [0.1, 0.15) is 0 Å². The summed E-state index contributed by atoms with van der Waals surface area (Å²) < 4.78 is 5.17. The Morgan fingerprint density at radius 3 is 2.62 bits per heavy atom. The molecule has 0 aliphatic heterocycles. The Balaban J connectivity index is 2.54. The fourth-order valence-corrected chi connectivity index (χ4v) is 1.80. The van der Waals surface area contributed by atoms with E-state index in [0.29, 0.717) is 10.7 Å². The first kappa shape index (κ1) is 10.8. The van der Waals surface area contributed by atoms with Gasteiger partial charge in [-0.25, -0.2) is 0 Å². The topological polar surface area (TPSA) is 35.2 Å². The predicted molar refractivity (Wildman–Crippen MR) is 67.9 cm³/mol. The Bertz CT molecular complexity index is 511. The molecule has 2 aromatic rings. The molecule has 0 fully saturated rings. The maximum Gasteiger partial charge on any atom is 0.119 e. The van der Waals surface area contributed by atoms with Gasteiger partial charge in [-0.1, -0.05) is 35.9 Å². The highest BCUT2D eigenvalue weighted by Gasteiger charge is 2.06. The highest BCUT2D eigenvalue weighted by molar-refractivity contribution is 6.35. The van der Waals surface area contributed by atoms with Gasteiger partial charge in [-0.3, -0.25) is 0 Å². The molecule has 0 heterocycles. The summed E-state index contributed by atoms with van der Waals surface area (Å²) in [5, 5.41) is 0.579. The second kappa shape index (κ2) is 4.45. The zero-order valence-corrected chi connectivity index (χ0v) is 9.66. The van der Waals surface area contributed by atoms with Gasteiger partial charge < -0.3 is 10.5 Å². The van der Waals surface area contributed by atoms with Crippen LogP contribution in [0.25, 0.3) is 11.1 Å². The number of methoxy groups -OCH3 is 1. The van der Waals surface area contributed by atoms with Crippen LogP contribution in [-0.2, 0) is 0 Å². The molecule has 3 heteroatoms. The SMILES string of the molecule is COc1cccc(-c2cccc(N)c2Cl)c1. The summed E-state index contributed by atoms with van der Waals surface area (Å²) in [4.78, 5) is 0. The van der Waals surface area contributed by atoms with Crippen LogP contribution in [0, 0.1) is 0 Å². The second-order valence-electron chi connectivity index (χ2n) is 3.44. The van der Waals surface area contributed by atoms with Crippen molar-refractivity contribution >= 4 is 17.3 Å². The molecule has 0 atom stereocenters. The fourth-order valence-electron chi connectivity index (χ4n) is 1.56. The lowest BCUT2D eigenvalue weighted by Gasteiger charge is -2.08. The molecule has 2 N–H and O–H groups in total. The maximum absolute atomic E-state index is 6.16. The van der Waals surface area contributed by atoms with Crippen molar-refractivity contribution in [2.24, 2.45) is 0 Å². The van der Waals surface area contributed by atoms with Crippen molar-refractivity contribution in [1.29, 1.82) is 0 Å². The molecule has 2 nitrogen and oxygen atoms in total. The van der Waals surface area contributed by atoms with E-state index in [2.05, 4.69) is 0 Å². The minimum Gasteiger partial charge on any atom is -0.497 e. The summed E-state index contributed by atoms with van der Waals surface area (Å²) >= 11 is 6.16. The van der Waals surface area contributed by atoms with Crippen LogP contribution in [0.15, 0.2) is 42.5 Å². The summed E-state index contributed by atoms with van der Waals surface area (Å²) in [6.45, 7) is 0. The summed E-state index contributed by atoms with van der Waals surface area (Å²) in [6.07, 6.45) is 0. The lowest BCUT2D eigenvalue weighted by atomic mass is 10.0. The van der Waals surface area contributed by atoms with E-state index in [1.54, 1.807) is 13.2 Å². The first-order valence-electron chi connectivity index (χ1n) is 4.91. The van der Waals surface area contributed by atoms with E-state index in [4.69, 9.17) is 22.1 Å². The van der Waals surface area contributed by atoms with Gasteiger partial charge in [-0.2, -0.15) is 0 Å². The molecule has 0 radical (unpaired) electrons. The number of rotatable bonds is 2. The van der Waals surface area contributed by atoms with Gasteiger partial charge in [-0.15, -0.1) is 0 Å². The number of nitrogens with two attached hydrogens (primary N) is 1. The number of halogens is 1. The van der Waals surface area contributed by atoms with Gasteiger partial charge in [0.05, 0.1) is 17.8 Å². The van der Waals surface area contributed by atoms with Crippen LogP contribution in [-0.4, -0.2) is 7.11 Å². The normalized spacial score (nSPS) is 10.1. The summed E-state index contributed by atoms with van der Waals surface area (Å²) in [5.41, 5.74) is 8.26. The Labute approximate surface area is 99.6 Å². The molecule has 0 saturated carbocycles. The summed E-state index contributed by atoms with van der Waals surface area (Å²) in [5.74, 6) is 0.802. The molecule has 0 amide bonds. The van der Waals surface area contributed by atoms with E-state index < -0.39 is 0 Å². The van der Waals surface area contributed by atoms with Gasteiger partial charge in [-0.05, 0) is 23.8 Å². The van der Waals surface area contributed by atoms with E-state index in [1.165, 1.54) is 0 Å². The lowest BCUT2D eigenvalue weighted by molar-refractivity contribution is 0.415. The maximum atomic E-state index is 6.16. The molecule has 2 rings (SSSR count). The molecule has 2 aromatic carbocycles. The summed E-state index contributed by atoms with van der Waals surface area (Å²) in [6, 6.07) is 13.3. The number of hydrogen-bond acceptors (Lipinski definition) is 2. The fraction of sp³-hybridized carbons (Fsp3) is 0.0769. The minimum absolute atomic E-state index is 0.579. The molecule has 0 spiro atoms. The van der Waals surface area contributed by atoms with Crippen molar-refractivity contribution in [3.8, 4) is 16.9 Å². The molecule has 0 aromatic heterocycles. The predicted octanol–water partition coefficient (Wildman–Crippen LogP) is 3.60. The van der Waals surface area contributed by atoms with Crippen molar-refractivity contribution in [3.05, 3.63) is 47.5 Å². The third-order valence-electron chi connectivity index (χ3n) is 2.41. The van der Waals surface area contributed by atoms with Crippen molar-refractivity contribution in [2.45, 2.75) is 0 Å². The molecule has 0 aliphatic rings. The van der Waals surface area contributed by atoms with E-state index >= 15 is 0 Å². The van der Waals surface area contributed by atoms with Gasteiger partial charge >= 0.3 is 0 Å². The number of anilines is 1. The van der Waals surface area contributed by atoms with Gasteiger partial charge in [0.2, 0.25) is 0 Å². The van der Waals surface area contributed by atoms with E-state index in [0.717, 1.165) is 16.9 Å². The zero-order valence-electron chi connectivity index (χ0n) is 8.91. The zero-order chi connectivity index (χ0) is 11.5. The Morgan fingerprint density at radius 2 is 1.88 bits per heavy atom. The van der Waals surface area contributed by atoms with Crippen molar-refractivity contribution < 1.29 is 4.74 Å². The lowest BCUT2D eigenvalue weighted by Crippen LogP contribution is -1.89. The average molecular weight is 234 g/mol. The average Bonchev–Trinajstić information content (AvgIpc) is 2.33.